The fourth-order valence-electron chi connectivity index (χ4n) is 2.92. The Morgan fingerprint density at radius 3 is 1.63 bits per heavy atom. The topological polar surface area (TPSA) is 119 Å². The Morgan fingerprint density at radius 1 is 0.714 bits per heavy atom. The quantitative estimate of drug-likeness (QED) is 0.411. The van der Waals surface area contributed by atoms with Crippen LogP contribution in [0.2, 0.25) is 10.0 Å². The first kappa shape index (κ1) is 25.7. The van der Waals surface area contributed by atoms with E-state index >= 15 is 0 Å². The fourth-order valence-corrected chi connectivity index (χ4v) is 3.17. The zero-order chi connectivity index (χ0) is 25.4. The first-order chi connectivity index (χ1) is 16.7. The summed E-state index contributed by atoms with van der Waals surface area (Å²) in [5.74, 6) is -4.70. The monoisotopic (exact) mass is 515 g/mol. The van der Waals surface area contributed by atoms with Gasteiger partial charge in [-0.3, -0.25) is 4.79 Å². The van der Waals surface area contributed by atoms with Crippen LogP contribution in [0.25, 0.3) is 0 Å². The lowest BCUT2D eigenvalue weighted by Crippen LogP contribution is -2.50. The number of carboxylic acids is 1. The van der Waals surface area contributed by atoms with Crippen molar-refractivity contribution in [2.75, 3.05) is 0 Å². The van der Waals surface area contributed by atoms with Crippen molar-refractivity contribution in [1.82, 2.24) is 5.32 Å². The summed E-state index contributed by atoms with van der Waals surface area (Å²) in [7, 11) is 0. The number of carboxylic acid groups (broad SMARTS) is 1. The average Bonchev–Trinajstić information content (AvgIpc) is 2.85. The van der Waals surface area contributed by atoms with Crippen LogP contribution in [0, 0.1) is 0 Å². The number of carbonyl (C=O) groups is 4. The fraction of sp³-hybridized carbons (Fsp3) is 0.120. The van der Waals surface area contributed by atoms with Crippen molar-refractivity contribution in [2.45, 2.75) is 18.8 Å². The van der Waals surface area contributed by atoms with E-state index in [1.807, 2.05) is 0 Å². The Hall–Kier alpha value is -3.88. The number of amides is 1. The van der Waals surface area contributed by atoms with Crippen LogP contribution < -0.4 is 5.32 Å². The van der Waals surface area contributed by atoms with Crippen molar-refractivity contribution >= 4 is 47.0 Å². The highest BCUT2D eigenvalue weighted by atomic mass is 35.5. The third-order valence-corrected chi connectivity index (χ3v) is 5.22. The predicted octanol–water partition coefficient (Wildman–Crippen LogP) is 4.15. The van der Waals surface area contributed by atoms with Crippen molar-refractivity contribution in [3.05, 3.63) is 106 Å². The maximum atomic E-state index is 13.0. The Kier molecular flexibility index (Phi) is 8.83. The van der Waals surface area contributed by atoms with Crippen molar-refractivity contribution in [3.8, 4) is 0 Å². The minimum Gasteiger partial charge on any atom is -0.478 e. The van der Waals surface area contributed by atoms with Crippen LogP contribution in [0.3, 0.4) is 0 Å². The third kappa shape index (κ3) is 7.30. The van der Waals surface area contributed by atoms with Gasteiger partial charge in [0.25, 0.3) is 5.91 Å². The molecular weight excluding hydrogens is 497 g/mol. The molecule has 2 N–H and O–H groups in total. The molecule has 10 heteroatoms. The summed E-state index contributed by atoms with van der Waals surface area (Å²) in [4.78, 5) is 50.2. The molecule has 0 fully saturated rings. The van der Waals surface area contributed by atoms with Crippen molar-refractivity contribution in [1.29, 1.82) is 0 Å². The third-order valence-electron chi connectivity index (χ3n) is 4.71. The molecule has 0 saturated heterocycles. The van der Waals surface area contributed by atoms with Gasteiger partial charge in [0.1, 0.15) is 0 Å². The molecule has 2 atom stereocenters. The number of aliphatic carboxylic acids is 1. The molecule has 3 aromatic rings. The molecule has 0 unspecified atom stereocenters. The normalized spacial score (nSPS) is 12.2. The summed E-state index contributed by atoms with van der Waals surface area (Å²) in [5.41, 5.74) is 0.727. The van der Waals surface area contributed by atoms with Gasteiger partial charge in [-0.2, -0.15) is 0 Å². The van der Waals surface area contributed by atoms with Gasteiger partial charge in [0, 0.05) is 16.6 Å². The number of carbonyl (C=O) groups excluding carboxylic acids is 3. The number of ether oxygens (including phenoxy) is 2. The molecule has 0 spiro atoms. The first-order valence-electron chi connectivity index (χ1n) is 10.2. The van der Waals surface area contributed by atoms with E-state index in [1.165, 1.54) is 48.5 Å². The number of halogens is 2. The molecule has 0 aliphatic carbocycles. The second-order valence-corrected chi connectivity index (χ2v) is 8.08. The van der Waals surface area contributed by atoms with Gasteiger partial charge in [-0.25, -0.2) is 14.4 Å². The summed E-state index contributed by atoms with van der Waals surface area (Å²) < 4.78 is 10.3. The standard InChI is InChI=1S/C25H19Cl2NO7/c26-18-10-6-16(7-11-18)24(32)34-20(22(29)28-14-15-4-2-1-3-5-15)21(23(30)31)35-25(33)17-8-12-19(27)13-9-17/h1-13,20-21H,14H2,(H,28,29)(H,30,31)/t20-,21+/m0/s1. The molecule has 0 aliphatic rings. The van der Waals surface area contributed by atoms with Gasteiger partial charge in [-0.05, 0) is 54.1 Å². The van der Waals surface area contributed by atoms with Crippen LogP contribution in [-0.2, 0) is 25.6 Å². The molecule has 3 aromatic carbocycles. The van der Waals surface area contributed by atoms with Crippen molar-refractivity contribution in [2.24, 2.45) is 0 Å². The largest absolute Gasteiger partial charge is 0.478 e. The Bertz CT molecular complexity index is 1200. The van der Waals surface area contributed by atoms with Gasteiger partial charge in [0.2, 0.25) is 12.2 Å². The summed E-state index contributed by atoms with van der Waals surface area (Å²) in [5, 5.41) is 13.0. The molecule has 0 heterocycles. The molecule has 0 aromatic heterocycles. The average molecular weight is 516 g/mol. The minimum absolute atomic E-state index is 0.00637. The lowest BCUT2D eigenvalue weighted by Gasteiger charge is -2.23. The van der Waals surface area contributed by atoms with E-state index in [0.717, 1.165) is 0 Å². The smallest absolute Gasteiger partial charge is 0.349 e. The number of nitrogens with one attached hydrogen (secondary N) is 1. The number of hydrogen-bond donors (Lipinski definition) is 2. The second-order valence-electron chi connectivity index (χ2n) is 7.21. The maximum Gasteiger partial charge on any atom is 0.349 e. The summed E-state index contributed by atoms with van der Waals surface area (Å²) >= 11 is 11.6. The second kappa shape index (κ2) is 12.0. The van der Waals surface area contributed by atoms with Crippen LogP contribution in [0.5, 0.6) is 0 Å². The van der Waals surface area contributed by atoms with Crippen LogP contribution in [0.4, 0.5) is 0 Å². The van der Waals surface area contributed by atoms with E-state index < -0.39 is 36.0 Å². The molecule has 1 amide bonds. The maximum absolute atomic E-state index is 13.0. The van der Waals surface area contributed by atoms with E-state index in [0.29, 0.717) is 15.6 Å². The van der Waals surface area contributed by atoms with Gasteiger partial charge in [-0.15, -0.1) is 0 Å². The molecule has 0 radical (unpaired) electrons. The highest BCUT2D eigenvalue weighted by molar-refractivity contribution is 6.31. The molecule has 3 rings (SSSR count). The van der Waals surface area contributed by atoms with Gasteiger partial charge in [-0.1, -0.05) is 53.5 Å². The lowest BCUT2D eigenvalue weighted by molar-refractivity contribution is -0.159. The van der Waals surface area contributed by atoms with Crippen LogP contribution in [0.1, 0.15) is 26.3 Å². The minimum atomic E-state index is -2.13. The number of hydrogen-bond acceptors (Lipinski definition) is 6. The highest BCUT2D eigenvalue weighted by Crippen LogP contribution is 2.17. The van der Waals surface area contributed by atoms with E-state index in [-0.39, 0.29) is 17.7 Å². The predicted molar refractivity (Wildman–Crippen MR) is 127 cm³/mol. The van der Waals surface area contributed by atoms with Crippen LogP contribution >= 0.6 is 23.2 Å². The molecule has 35 heavy (non-hydrogen) atoms. The molecular formula is C25H19Cl2NO7. The van der Waals surface area contributed by atoms with E-state index in [2.05, 4.69) is 5.32 Å². The number of benzene rings is 3. The molecule has 0 saturated carbocycles. The van der Waals surface area contributed by atoms with E-state index in [4.69, 9.17) is 32.7 Å². The molecule has 180 valence electrons. The van der Waals surface area contributed by atoms with Crippen molar-refractivity contribution < 1.29 is 33.8 Å². The molecule has 8 nitrogen and oxygen atoms in total. The highest BCUT2D eigenvalue weighted by Gasteiger charge is 2.40. The summed E-state index contributed by atoms with van der Waals surface area (Å²) in [6, 6.07) is 19.8. The van der Waals surface area contributed by atoms with Gasteiger partial charge in [0.05, 0.1) is 11.1 Å². The van der Waals surface area contributed by atoms with Crippen LogP contribution in [0.15, 0.2) is 78.9 Å². The van der Waals surface area contributed by atoms with Crippen LogP contribution in [-0.4, -0.2) is 41.1 Å². The van der Waals surface area contributed by atoms with Gasteiger partial charge in [0.15, 0.2) is 0 Å². The Balaban J connectivity index is 1.85. The zero-order valence-electron chi connectivity index (χ0n) is 18.0. The Labute approximate surface area is 210 Å². The zero-order valence-corrected chi connectivity index (χ0v) is 19.5. The van der Waals surface area contributed by atoms with Gasteiger partial charge < -0.3 is 19.9 Å². The SMILES string of the molecule is O=C(O[C@H](C(=O)NCc1ccccc1)[C@@H](OC(=O)c1ccc(Cl)cc1)C(=O)O)c1ccc(Cl)cc1. The van der Waals surface area contributed by atoms with E-state index in [9.17, 15) is 24.3 Å². The number of rotatable bonds is 9. The molecule has 0 aliphatic heterocycles. The first-order valence-corrected chi connectivity index (χ1v) is 11.0. The molecule has 0 bridgehead atoms. The lowest BCUT2D eigenvalue weighted by atomic mass is 10.1. The van der Waals surface area contributed by atoms with Crippen molar-refractivity contribution in [3.63, 3.8) is 0 Å². The summed E-state index contributed by atoms with van der Waals surface area (Å²) in [6.07, 6.45) is -4.12. The van der Waals surface area contributed by atoms with Gasteiger partial charge >= 0.3 is 17.9 Å². The van der Waals surface area contributed by atoms with E-state index in [1.54, 1.807) is 30.3 Å². The Morgan fingerprint density at radius 2 is 1.17 bits per heavy atom. The number of esters is 2. The summed E-state index contributed by atoms with van der Waals surface area (Å²) in [6.45, 7) is 0.0200.